The first-order valence-electron chi connectivity index (χ1n) is 9.42. The summed E-state index contributed by atoms with van der Waals surface area (Å²) >= 11 is 0. The number of methoxy groups -OCH3 is 1. The summed E-state index contributed by atoms with van der Waals surface area (Å²) in [5.74, 6) is -2.32. The van der Waals surface area contributed by atoms with Gasteiger partial charge >= 0.3 is 11.9 Å². The summed E-state index contributed by atoms with van der Waals surface area (Å²) in [5.41, 5.74) is 4.48. The molecule has 1 amide bonds. The average Bonchev–Trinajstić information content (AvgIpc) is 2.92. The Morgan fingerprint density at radius 1 is 1.17 bits per heavy atom. The van der Waals surface area contributed by atoms with Gasteiger partial charge in [-0.3, -0.25) is 4.79 Å². The lowest BCUT2D eigenvalue weighted by molar-refractivity contribution is -0.145. The first-order valence-corrected chi connectivity index (χ1v) is 9.42. The van der Waals surface area contributed by atoms with E-state index >= 15 is 0 Å². The summed E-state index contributed by atoms with van der Waals surface area (Å²) in [6.07, 6.45) is -0.445. The number of hydrogen-bond acceptors (Lipinski definition) is 8. The van der Waals surface area contributed by atoms with E-state index in [0.29, 0.717) is 5.56 Å². The lowest BCUT2D eigenvalue weighted by atomic mass is 9.67. The predicted molar refractivity (Wildman–Crippen MR) is 105 cm³/mol. The van der Waals surface area contributed by atoms with Crippen molar-refractivity contribution in [3.63, 3.8) is 0 Å². The highest BCUT2D eigenvalue weighted by atomic mass is 16.6. The number of hydrogen-bond donors (Lipinski definition) is 2. The topological polar surface area (TPSA) is 126 Å². The highest BCUT2D eigenvalue weighted by Gasteiger charge is 2.61. The van der Waals surface area contributed by atoms with Gasteiger partial charge in [0.2, 0.25) is 11.8 Å². The van der Waals surface area contributed by atoms with Gasteiger partial charge in [-0.25, -0.2) is 9.59 Å². The van der Waals surface area contributed by atoms with E-state index in [9.17, 15) is 14.4 Å². The first kappa shape index (κ1) is 21.4. The van der Waals surface area contributed by atoms with Crippen molar-refractivity contribution in [2.75, 3.05) is 20.3 Å². The van der Waals surface area contributed by atoms with Crippen molar-refractivity contribution in [1.82, 2.24) is 5.32 Å². The second-order valence-electron chi connectivity index (χ2n) is 7.12. The highest BCUT2D eigenvalue weighted by molar-refractivity contribution is 6.17. The summed E-state index contributed by atoms with van der Waals surface area (Å²) in [5, 5.41) is 2.66. The van der Waals surface area contributed by atoms with Crippen LogP contribution in [0.15, 0.2) is 47.0 Å². The minimum Gasteiger partial charge on any atom is -0.460 e. The maximum absolute atomic E-state index is 13.4. The number of para-hydroxylation sites is 1. The molecule has 1 atom stereocenters. The molecular weight excluding hydrogens is 392 g/mol. The Balaban J connectivity index is 2.25. The van der Waals surface area contributed by atoms with Crippen molar-refractivity contribution in [1.29, 1.82) is 0 Å². The standard InChI is InChI=1S/C21H24N2O7/c1-11(2)29-19(25)15-12(3)23-20(26)21(15)13-7-5-6-8-14(13)30-17(22)16(21)18(24)28-10-9-27-4/h5-8,11H,9-10,22H2,1-4H3,(H,23,26)/t21-/m1/s1. The van der Waals surface area contributed by atoms with E-state index in [4.69, 9.17) is 24.7 Å². The molecule has 160 valence electrons. The second kappa shape index (κ2) is 8.19. The third-order valence-electron chi connectivity index (χ3n) is 4.80. The van der Waals surface area contributed by atoms with Gasteiger partial charge < -0.3 is 30.0 Å². The number of allylic oxidation sites excluding steroid dienone is 1. The van der Waals surface area contributed by atoms with Gasteiger partial charge in [-0.1, -0.05) is 18.2 Å². The molecule has 0 unspecified atom stereocenters. The molecule has 0 saturated heterocycles. The van der Waals surface area contributed by atoms with Gasteiger partial charge in [0.1, 0.15) is 23.3 Å². The molecule has 9 heteroatoms. The smallest absolute Gasteiger partial charge is 0.341 e. The monoisotopic (exact) mass is 416 g/mol. The Bertz CT molecular complexity index is 964. The van der Waals surface area contributed by atoms with Gasteiger partial charge in [-0.15, -0.1) is 0 Å². The molecule has 0 fully saturated rings. The van der Waals surface area contributed by atoms with Crippen molar-refractivity contribution < 1.29 is 33.3 Å². The van der Waals surface area contributed by atoms with Crippen LogP contribution in [-0.2, 0) is 34.0 Å². The SMILES string of the molecule is COCCOC(=O)C1=C(N)Oc2ccccc2[C@]12C(=O)NC(C)=C2C(=O)OC(C)C. The molecule has 0 saturated carbocycles. The van der Waals surface area contributed by atoms with E-state index in [1.165, 1.54) is 7.11 Å². The normalized spacial score (nSPS) is 20.2. The largest absolute Gasteiger partial charge is 0.460 e. The zero-order chi connectivity index (χ0) is 22.1. The molecule has 0 aromatic heterocycles. The summed E-state index contributed by atoms with van der Waals surface area (Å²) in [6.45, 7) is 5.01. The van der Waals surface area contributed by atoms with Crippen molar-refractivity contribution in [3.05, 3.63) is 52.6 Å². The minimum absolute atomic E-state index is 0.0291. The zero-order valence-electron chi connectivity index (χ0n) is 17.2. The molecule has 1 aromatic rings. The molecule has 0 bridgehead atoms. The Morgan fingerprint density at radius 3 is 2.53 bits per heavy atom. The molecule has 2 aliphatic rings. The number of benzene rings is 1. The van der Waals surface area contributed by atoms with E-state index in [1.807, 2.05) is 0 Å². The van der Waals surface area contributed by atoms with Crippen molar-refractivity contribution >= 4 is 17.8 Å². The van der Waals surface area contributed by atoms with Crippen LogP contribution in [0.25, 0.3) is 0 Å². The fourth-order valence-corrected chi connectivity index (χ4v) is 3.69. The van der Waals surface area contributed by atoms with E-state index < -0.39 is 29.4 Å². The second-order valence-corrected chi connectivity index (χ2v) is 7.12. The van der Waals surface area contributed by atoms with Gasteiger partial charge in [-0.05, 0) is 26.8 Å². The highest BCUT2D eigenvalue weighted by Crippen LogP contribution is 2.51. The molecule has 3 N–H and O–H groups in total. The number of nitrogens with one attached hydrogen (secondary N) is 1. The summed E-state index contributed by atoms with van der Waals surface area (Å²) in [4.78, 5) is 39.5. The van der Waals surface area contributed by atoms with Gasteiger partial charge in [0.25, 0.3) is 0 Å². The Kier molecular flexibility index (Phi) is 5.84. The molecule has 30 heavy (non-hydrogen) atoms. The molecule has 1 aromatic carbocycles. The lowest BCUT2D eigenvalue weighted by Crippen LogP contribution is -2.49. The first-order chi connectivity index (χ1) is 14.2. The molecule has 9 nitrogen and oxygen atoms in total. The van der Waals surface area contributed by atoms with Crippen molar-refractivity contribution in [2.45, 2.75) is 32.3 Å². The number of carbonyl (C=O) groups is 3. The number of amides is 1. The van der Waals surface area contributed by atoms with Crippen LogP contribution >= 0.6 is 0 Å². The van der Waals surface area contributed by atoms with Crippen LogP contribution < -0.4 is 15.8 Å². The number of ether oxygens (including phenoxy) is 4. The number of esters is 2. The third-order valence-corrected chi connectivity index (χ3v) is 4.80. The summed E-state index contributed by atoms with van der Waals surface area (Å²) in [6, 6.07) is 6.57. The molecule has 2 aliphatic heterocycles. The third kappa shape index (κ3) is 3.30. The quantitative estimate of drug-likeness (QED) is 0.520. The van der Waals surface area contributed by atoms with Crippen LogP contribution in [0.5, 0.6) is 5.75 Å². The minimum atomic E-state index is -1.86. The maximum Gasteiger partial charge on any atom is 0.341 e. The van der Waals surface area contributed by atoms with Crippen molar-refractivity contribution in [3.8, 4) is 5.75 Å². The van der Waals surface area contributed by atoms with Crippen molar-refractivity contribution in [2.24, 2.45) is 5.73 Å². The van der Waals surface area contributed by atoms with E-state index in [1.54, 1.807) is 45.0 Å². The number of nitrogens with two attached hydrogens (primary N) is 1. The van der Waals surface area contributed by atoms with Gasteiger partial charge in [0, 0.05) is 18.4 Å². The van der Waals surface area contributed by atoms with E-state index in [2.05, 4.69) is 5.32 Å². The van der Waals surface area contributed by atoms with E-state index in [0.717, 1.165) is 0 Å². The molecular formula is C21H24N2O7. The average molecular weight is 416 g/mol. The Morgan fingerprint density at radius 2 is 1.87 bits per heavy atom. The van der Waals surface area contributed by atoms with Gasteiger partial charge in [0.05, 0.1) is 18.3 Å². The van der Waals surface area contributed by atoms with Crippen LogP contribution in [0.3, 0.4) is 0 Å². The lowest BCUT2D eigenvalue weighted by Gasteiger charge is -2.36. The fraction of sp³-hybridized carbons (Fsp3) is 0.381. The van der Waals surface area contributed by atoms with Crippen LogP contribution in [0.4, 0.5) is 0 Å². The number of carbonyl (C=O) groups excluding carboxylic acids is 3. The van der Waals surface area contributed by atoms with Crippen LogP contribution in [0.2, 0.25) is 0 Å². The van der Waals surface area contributed by atoms with Crippen LogP contribution in [0, 0.1) is 0 Å². The molecule has 2 heterocycles. The predicted octanol–water partition coefficient (Wildman–Crippen LogP) is 1.03. The number of rotatable bonds is 6. The maximum atomic E-state index is 13.4. The molecule has 1 spiro atoms. The van der Waals surface area contributed by atoms with Crippen LogP contribution in [-0.4, -0.2) is 44.3 Å². The molecule has 0 aliphatic carbocycles. The van der Waals surface area contributed by atoms with Gasteiger partial charge in [-0.2, -0.15) is 0 Å². The summed E-state index contributed by atoms with van der Waals surface area (Å²) < 4.78 is 21.2. The van der Waals surface area contributed by atoms with Gasteiger partial charge in [0.15, 0.2) is 0 Å². The zero-order valence-corrected chi connectivity index (χ0v) is 17.2. The Labute approximate surface area is 173 Å². The number of fused-ring (bicyclic) bond motifs is 2. The summed E-state index contributed by atoms with van der Waals surface area (Å²) in [7, 11) is 1.46. The van der Waals surface area contributed by atoms with E-state index in [-0.39, 0.29) is 41.7 Å². The fourth-order valence-electron chi connectivity index (χ4n) is 3.69. The molecule has 3 rings (SSSR count). The molecule has 0 radical (unpaired) electrons. The van der Waals surface area contributed by atoms with Crippen LogP contribution in [0.1, 0.15) is 26.3 Å². The Hall–Kier alpha value is -3.33.